The third-order valence-electron chi connectivity index (χ3n) is 2.11. The number of carboxylic acid groups (broad SMARTS) is 1. The van der Waals surface area contributed by atoms with E-state index in [0.29, 0.717) is 5.56 Å². The molecular formula is C11H11F3O3. The van der Waals surface area contributed by atoms with Crippen molar-refractivity contribution in [1.82, 2.24) is 0 Å². The van der Waals surface area contributed by atoms with Crippen molar-refractivity contribution in [3.8, 4) is 5.75 Å². The number of rotatable bonds is 3. The van der Waals surface area contributed by atoms with Crippen LogP contribution < -0.4 is 4.74 Å². The minimum Gasteiger partial charge on any atom is -0.478 e. The highest BCUT2D eigenvalue weighted by molar-refractivity contribution is 5.90. The number of aromatic carboxylic acids is 1. The van der Waals surface area contributed by atoms with Crippen molar-refractivity contribution in [2.75, 3.05) is 0 Å². The van der Waals surface area contributed by atoms with Gasteiger partial charge in [0, 0.05) is 0 Å². The molecule has 0 fully saturated rings. The minimum atomic E-state index is -4.82. The third kappa shape index (κ3) is 3.65. The zero-order valence-corrected chi connectivity index (χ0v) is 9.21. The van der Waals surface area contributed by atoms with Crippen LogP contribution in [0.1, 0.15) is 35.7 Å². The van der Waals surface area contributed by atoms with E-state index in [1.54, 1.807) is 13.8 Å². The lowest BCUT2D eigenvalue weighted by Gasteiger charge is -2.13. The van der Waals surface area contributed by atoms with Crippen molar-refractivity contribution in [2.45, 2.75) is 26.1 Å². The Morgan fingerprint density at radius 2 is 1.94 bits per heavy atom. The number of alkyl halides is 3. The van der Waals surface area contributed by atoms with Gasteiger partial charge in [0.15, 0.2) is 0 Å². The molecule has 6 heteroatoms. The molecule has 0 spiro atoms. The van der Waals surface area contributed by atoms with E-state index in [1.807, 2.05) is 0 Å². The van der Waals surface area contributed by atoms with Crippen LogP contribution in [0.3, 0.4) is 0 Å². The first-order valence-corrected chi connectivity index (χ1v) is 4.83. The summed E-state index contributed by atoms with van der Waals surface area (Å²) in [6.45, 7) is 3.51. The van der Waals surface area contributed by atoms with Crippen LogP contribution in [-0.4, -0.2) is 17.4 Å². The van der Waals surface area contributed by atoms with Gasteiger partial charge < -0.3 is 9.84 Å². The molecule has 0 radical (unpaired) electrons. The lowest BCUT2D eigenvalue weighted by Crippen LogP contribution is -2.17. The van der Waals surface area contributed by atoms with Crippen LogP contribution in [-0.2, 0) is 0 Å². The molecule has 1 aromatic rings. The molecule has 0 aromatic heterocycles. The van der Waals surface area contributed by atoms with Crippen LogP contribution in [0.25, 0.3) is 0 Å². The molecular weight excluding hydrogens is 237 g/mol. The summed E-state index contributed by atoms with van der Waals surface area (Å²) in [5, 5.41) is 8.90. The van der Waals surface area contributed by atoms with Gasteiger partial charge in [-0.05, 0) is 23.6 Å². The van der Waals surface area contributed by atoms with Gasteiger partial charge in [0.05, 0.1) is 5.56 Å². The van der Waals surface area contributed by atoms with Crippen molar-refractivity contribution in [3.05, 3.63) is 29.3 Å². The Morgan fingerprint density at radius 3 is 2.35 bits per heavy atom. The van der Waals surface area contributed by atoms with Crippen LogP contribution in [0.2, 0.25) is 0 Å². The standard InChI is InChI=1S/C11H11F3O3/c1-6(2)8-4-3-7(17-11(12,13)14)5-9(8)10(15)16/h3-6H,1-2H3,(H,15,16). The average Bonchev–Trinajstić information content (AvgIpc) is 2.14. The molecule has 0 amide bonds. The number of carbonyl (C=O) groups is 1. The molecule has 1 aromatic carbocycles. The molecule has 3 nitrogen and oxygen atoms in total. The summed E-state index contributed by atoms with van der Waals surface area (Å²) >= 11 is 0. The van der Waals surface area contributed by atoms with Gasteiger partial charge in [0.1, 0.15) is 5.75 Å². The van der Waals surface area contributed by atoms with Crippen LogP contribution in [0.5, 0.6) is 5.75 Å². The Kier molecular flexibility index (Phi) is 3.65. The Hall–Kier alpha value is -1.72. The lowest BCUT2D eigenvalue weighted by molar-refractivity contribution is -0.274. The second kappa shape index (κ2) is 4.65. The van der Waals surface area contributed by atoms with Crippen LogP contribution in [0.4, 0.5) is 13.2 Å². The van der Waals surface area contributed by atoms with E-state index in [2.05, 4.69) is 4.74 Å². The number of hydrogen-bond donors (Lipinski definition) is 1. The second-order valence-electron chi connectivity index (χ2n) is 3.76. The van der Waals surface area contributed by atoms with Crippen LogP contribution >= 0.6 is 0 Å². The second-order valence-corrected chi connectivity index (χ2v) is 3.76. The van der Waals surface area contributed by atoms with Gasteiger partial charge in [-0.15, -0.1) is 13.2 Å². The molecule has 0 bridgehead atoms. The number of ether oxygens (including phenoxy) is 1. The summed E-state index contributed by atoms with van der Waals surface area (Å²) in [5.74, 6) is -1.90. The first-order chi connectivity index (χ1) is 7.70. The minimum absolute atomic E-state index is 0.0963. The predicted octanol–water partition coefficient (Wildman–Crippen LogP) is 3.41. The topological polar surface area (TPSA) is 46.5 Å². The Bertz CT molecular complexity index is 424. The molecule has 0 aliphatic heterocycles. The summed E-state index contributed by atoms with van der Waals surface area (Å²) in [7, 11) is 0. The van der Waals surface area contributed by atoms with Crippen molar-refractivity contribution < 1.29 is 27.8 Å². The molecule has 0 unspecified atom stereocenters. The first-order valence-electron chi connectivity index (χ1n) is 4.83. The quantitative estimate of drug-likeness (QED) is 0.891. The van der Waals surface area contributed by atoms with E-state index in [0.717, 1.165) is 12.1 Å². The fraction of sp³-hybridized carbons (Fsp3) is 0.364. The predicted molar refractivity (Wildman–Crippen MR) is 54.2 cm³/mol. The largest absolute Gasteiger partial charge is 0.573 e. The Morgan fingerprint density at radius 1 is 1.35 bits per heavy atom. The zero-order chi connectivity index (χ0) is 13.2. The molecule has 0 aliphatic carbocycles. The van der Waals surface area contributed by atoms with Gasteiger partial charge in [-0.25, -0.2) is 4.79 Å². The normalized spacial score (nSPS) is 11.6. The van der Waals surface area contributed by atoms with E-state index in [1.165, 1.54) is 6.07 Å². The SMILES string of the molecule is CC(C)c1ccc(OC(F)(F)F)cc1C(=O)O. The molecule has 0 aliphatic rings. The average molecular weight is 248 g/mol. The van der Waals surface area contributed by atoms with Gasteiger partial charge in [0.2, 0.25) is 0 Å². The summed E-state index contributed by atoms with van der Waals surface area (Å²) in [6, 6.07) is 3.32. The van der Waals surface area contributed by atoms with Crippen molar-refractivity contribution in [1.29, 1.82) is 0 Å². The van der Waals surface area contributed by atoms with E-state index < -0.39 is 18.1 Å². The maximum Gasteiger partial charge on any atom is 0.573 e. The van der Waals surface area contributed by atoms with Crippen LogP contribution in [0.15, 0.2) is 18.2 Å². The molecule has 1 N–H and O–H groups in total. The molecule has 0 heterocycles. The monoisotopic (exact) mass is 248 g/mol. The van der Waals surface area contributed by atoms with Gasteiger partial charge in [0.25, 0.3) is 0 Å². The number of hydrogen-bond acceptors (Lipinski definition) is 2. The van der Waals surface area contributed by atoms with E-state index in [9.17, 15) is 18.0 Å². The van der Waals surface area contributed by atoms with Crippen LogP contribution in [0, 0.1) is 0 Å². The summed E-state index contributed by atoms with van der Waals surface area (Å²) < 4.78 is 39.6. The van der Waals surface area contributed by atoms with Gasteiger partial charge in [-0.2, -0.15) is 0 Å². The maximum atomic E-state index is 12.0. The number of halogens is 3. The molecule has 0 saturated heterocycles. The smallest absolute Gasteiger partial charge is 0.478 e. The van der Waals surface area contributed by atoms with E-state index >= 15 is 0 Å². The zero-order valence-electron chi connectivity index (χ0n) is 9.21. The van der Waals surface area contributed by atoms with E-state index in [4.69, 9.17) is 5.11 Å². The summed E-state index contributed by atoms with van der Waals surface area (Å²) in [4.78, 5) is 10.9. The Labute approximate surface area is 95.8 Å². The Balaban J connectivity index is 3.15. The van der Waals surface area contributed by atoms with Gasteiger partial charge in [-0.1, -0.05) is 19.9 Å². The van der Waals surface area contributed by atoms with Gasteiger partial charge >= 0.3 is 12.3 Å². The third-order valence-corrected chi connectivity index (χ3v) is 2.11. The fourth-order valence-corrected chi connectivity index (χ4v) is 1.42. The van der Waals surface area contributed by atoms with Crippen molar-refractivity contribution in [3.63, 3.8) is 0 Å². The van der Waals surface area contributed by atoms with Crippen molar-refractivity contribution >= 4 is 5.97 Å². The molecule has 1 rings (SSSR count). The lowest BCUT2D eigenvalue weighted by atomic mass is 9.97. The molecule has 0 saturated carbocycles. The molecule has 0 atom stereocenters. The summed E-state index contributed by atoms with van der Waals surface area (Å²) in [5.41, 5.74) is 0.286. The maximum absolute atomic E-state index is 12.0. The highest BCUT2D eigenvalue weighted by Crippen LogP contribution is 2.28. The molecule has 17 heavy (non-hydrogen) atoms. The highest BCUT2D eigenvalue weighted by atomic mass is 19.4. The van der Waals surface area contributed by atoms with Gasteiger partial charge in [-0.3, -0.25) is 0 Å². The number of carboxylic acids is 1. The van der Waals surface area contributed by atoms with E-state index in [-0.39, 0.29) is 11.5 Å². The highest BCUT2D eigenvalue weighted by Gasteiger charge is 2.31. The fourth-order valence-electron chi connectivity index (χ4n) is 1.42. The first kappa shape index (κ1) is 13.3. The molecule has 94 valence electrons. The van der Waals surface area contributed by atoms with Crippen molar-refractivity contribution in [2.24, 2.45) is 0 Å². The summed E-state index contributed by atoms with van der Waals surface area (Å²) in [6.07, 6.45) is -4.82. The number of benzene rings is 1.